The summed E-state index contributed by atoms with van der Waals surface area (Å²) < 4.78 is 35.8. The van der Waals surface area contributed by atoms with Gasteiger partial charge in [0.1, 0.15) is 0 Å². The summed E-state index contributed by atoms with van der Waals surface area (Å²) in [4.78, 5) is 15.4. The minimum atomic E-state index is -4.28. The van der Waals surface area contributed by atoms with E-state index in [-0.39, 0.29) is 0 Å². The van der Waals surface area contributed by atoms with Gasteiger partial charge >= 0.3 is 6.18 Å². The van der Waals surface area contributed by atoms with Crippen LogP contribution in [-0.2, 0) is 6.42 Å². The number of hydrogen-bond donors (Lipinski definition) is 0. The van der Waals surface area contributed by atoms with Gasteiger partial charge in [0.25, 0.3) is 0 Å². The van der Waals surface area contributed by atoms with E-state index in [1.807, 2.05) is 6.92 Å². The lowest BCUT2D eigenvalue weighted by molar-refractivity contribution is -0.133. The van der Waals surface area contributed by atoms with E-state index in [1.54, 1.807) is 0 Å². The van der Waals surface area contributed by atoms with Gasteiger partial charge < -0.3 is 0 Å². The summed E-state index contributed by atoms with van der Waals surface area (Å²) in [6, 6.07) is 1.47. The lowest BCUT2D eigenvalue weighted by atomic mass is 10.0. The number of hydrogen-bond acceptors (Lipinski definition) is 2. The van der Waals surface area contributed by atoms with E-state index in [0.29, 0.717) is 17.5 Å². The van der Waals surface area contributed by atoms with Crippen molar-refractivity contribution < 1.29 is 18.0 Å². The SMILES string of the molecule is CCc1cnccc1C(=O)CCC(F)(F)F. The summed E-state index contributed by atoms with van der Waals surface area (Å²) in [6.07, 6.45) is -2.34. The number of halogens is 3. The average Bonchev–Trinajstić information content (AvgIpc) is 2.25. The van der Waals surface area contributed by atoms with Crippen molar-refractivity contribution in [2.45, 2.75) is 32.4 Å². The molecule has 1 heterocycles. The van der Waals surface area contributed by atoms with Crippen LogP contribution in [-0.4, -0.2) is 16.9 Å². The highest BCUT2D eigenvalue weighted by molar-refractivity contribution is 5.97. The fourth-order valence-electron chi connectivity index (χ4n) is 1.37. The van der Waals surface area contributed by atoms with Gasteiger partial charge in [0.2, 0.25) is 0 Å². The Morgan fingerprint density at radius 2 is 2.12 bits per heavy atom. The monoisotopic (exact) mass is 231 g/mol. The molecule has 1 aromatic rings. The van der Waals surface area contributed by atoms with Crippen molar-refractivity contribution in [1.29, 1.82) is 0 Å². The predicted octanol–water partition coefficient (Wildman–Crippen LogP) is 3.17. The zero-order chi connectivity index (χ0) is 12.2. The van der Waals surface area contributed by atoms with E-state index in [0.717, 1.165) is 0 Å². The molecule has 0 fully saturated rings. The number of aryl methyl sites for hydroxylation is 1. The molecular formula is C11H12F3NO. The van der Waals surface area contributed by atoms with E-state index in [2.05, 4.69) is 4.98 Å². The lowest BCUT2D eigenvalue weighted by Crippen LogP contribution is -2.12. The zero-order valence-electron chi connectivity index (χ0n) is 8.84. The summed E-state index contributed by atoms with van der Waals surface area (Å²) in [7, 11) is 0. The van der Waals surface area contributed by atoms with Crippen LogP contribution in [0.4, 0.5) is 13.2 Å². The second kappa shape index (κ2) is 5.09. The smallest absolute Gasteiger partial charge is 0.294 e. The summed E-state index contributed by atoms with van der Waals surface area (Å²) in [5.74, 6) is -0.475. The maximum atomic E-state index is 11.9. The molecule has 1 aromatic heterocycles. The molecule has 0 radical (unpaired) electrons. The van der Waals surface area contributed by atoms with Gasteiger partial charge in [-0.05, 0) is 18.1 Å². The minimum Gasteiger partial charge on any atom is -0.294 e. The predicted molar refractivity (Wildman–Crippen MR) is 53.2 cm³/mol. The Morgan fingerprint density at radius 1 is 1.44 bits per heavy atom. The molecule has 88 valence electrons. The Morgan fingerprint density at radius 3 is 2.69 bits per heavy atom. The van der Waals surface area contributed by atoms with Gasteiger partial charge in [-0.3, -0.25) is 9.78 Å². The first kappa shape index (κ1) is 12.7. The Labute approximate surface area is 91.5 Å². The highest BCUT2D eigenvalue weighted by Gasteiger charge is 2.28. The van der Waals surface area contributed by atoms with Gasteiger partial charge in [-0.25, -0.2) is 0 Å². The van der Waals surface area contributed by atoms with Crippen LogP contribution < -0.4 is 0 Å². The lowest BCUT2D eigenvalue weighted by Gasteiger charge is -2.07. The number of carbonyl (C=O) groups is 1. The number of rotatable bonds is 4. The van der Waals surface area contributed by atoms with Gasteiger partial charge in [0.05, 0.1) is 6.42 Å². The van der Waals surface area contributed by atoms with Crippen molar-refractivity contribution in [3.05, 3.63) is 29.6 Å². The second-order valence-corrected chi connectivity index (χ2v) is 3.42. The van der Waals surface area contributed by atoms with E-state index in [4.69, 9.17) is 0 Å². The fraction of sp³-hybridized carbons (Fsp3) is 0.455. The van der Waals surface area contributed by atoms with Crippen LogP contribution in [0.25, 0.3) is 0 Å². The number of ketones is 1. The van der Waals surface area contributed by atoms with E-state index < -0.39 is 24.8 Å². The topological polar surface area (TPSA) is 30.0 Å². The third-order valence-corrected chi connectivity index (χ3v) is 2.22. The van der Waals surface area contributed by atoms with Crippen molar-refractivity contribution >= 4 is 5.78 Å². The normalized spacial score (nSPS) is 11.5. The van der Waals surface area contributed by atoms with Gasteiger partial charge in [-0.2, -0.15) is 13.2 Å². The van der Waals surface area contributed by atoms with Crippen molar-refractivity contribution in [3.63, 3.8) is 0 Å². The third kappa shape index (κ3) is 3.64. The molecule has 2 nitrogen and oxygen atoms in total. The van der Waals surface area contributed by atoms with E-state index in [1.165, 1.54) is 18.5 Å². The van der Waals surface area contributed by atoms with Crippen LogP contribution in [0.3, 0.4) is 0 Å². The zero-order valence-corrected chi connectivity index (χ0v) is 8.84. The maximum absolute atomic E-state index is 11.9. The molecule has 0 aliphatic carbocycles. The van der Waals surface area contributed by atoms with Crippen LogP contribution in [0.1, 0.15) is 35.7 Å². The van der Waals surface area contributed by atoms with Crippen LogP contribution >= 0.6 is 0 Å². The van der Waals surface area contributed by atoms with Gasteiger partial charge in [-0.15, -0.1) is 0 Å². The molecule has 1 rings (SSSR count). The third-order valence-electron chi connectivity index (χ3n) is 2.22. The first-order valence-corrected chi connectivity index (χ1v) is 4.97. The molecule has 0 bridgehead atoms. The van der Waals surface area contributed by atoms with E-state index in [9.17, 15) is 18.0 Å². The molecule has 16 heavy (non-hydrogen) atoms. The Kier molecular flexibility index (Phi) is 4.04. The first-order valence-electron chi connectivity index (χ1n) is 4.97. The molecule has 0 aliphatic rings. The number of nitrogens with zero attached hydrogens (tertiary/aromatic N) is 1. The molecule has 0 saturated heterocycles. The number of carbonyl (C=O) groups excluding carboxylic acids is 1. The van der Waals surface area contributed by atoms with Gasteiger partial charge in [-0.1, -0.05) is 6.92 Å². The number of alkyl halides is 3. The van der Waals surface area contributed by atoms with Crippen LogP contribution in [0.5, 0.6) is 0 Å². The summed E-state index contributed by atoms with van der Waals surface area (Å²) in [5, 5.41) is 0. The molecule has 0 spiro atoms. The van der Waals surface area contributed by atoms with E-state index >= 15 is 0 Å². The Balaban J connectivity index is 2.73. The molecule has 0 aromatic carbocycles. The highest BCUT2D eigenvalue weighted by Crippen LogP contribution is 2.23. The van der Waals surface area contributed by atoms with Crippen molar-refractivity contribution in [1.82, 2.24) is 4.98 Å². The second-order valence-electron chi connectivity index (χ2n) is 3.42. The molecule has 0 aliphatic heterocycles. The van der Waals surface area contributed by atoms with Crippen molar-refractivity contribution in [2.24, 2.45) is 0 Å². The quantitative estimate of drug-likeness (QED) is 0.745. The Hall–Kier alpha value is -1.39. The molecule has 0 N–H and O–H groups in total. The summed E-state index contributed by atoms with van der Waals surface area (Å²) in [5.41, 5.74) is 1.04. The molecule has 0 amide bonds. The Bertz CT molecular complexity index is 374. The molecule has 5 heteroatoms. The van der Waals surface area contributed by atoms with Gasteiger partial charge in [0.15, 0.2) is 5.78 Å². The minimum absolute atomic E-state index is 0.349. The average molecular weight is 231 g/mol. The largest absolute Gasteiger partial charge is 0.389 e. The molecule has 0 atom stereocenters. The van der Waals surface area contributed by atoms with Crippen molar-refractivity contribution in [2.75, 3.05) is 0 Å². The fourth-order valence-corrected chi connectivity index (χ4v) is 1.37. The first-order chi connectivity index (χ1) is 7.44. The number of aromatic nitrogens is 1. The molecule has 0 unspecified atom stereocenters. The van der Waals surface area contributed by atoms with Crippen molar-refractivity contribution in [3.8, 4) is 0 Å². The van der Waals surface area contributed by atoms with Crippen LogP contribution in [0, 0.1) is 0 Å². The standard InChI is InChI=1S/C11H12F3NO/c1-2-8-7-15-6-4-9(8)10(16)3-5-11(12,13)14/h4,6-7H,2-3,5H2,1H3. The van der Waals surface area contributed by atoms with Crippen LogP contribution in [0.15, 0.2) is 18.5 Å². The highest BCUT2D eigenvalue weighted by atomic mass is 19.4. The number of Topliss-reactive ketones (excluding diaryl/α,β-unsaturated/α-hetero) is 1. The molecular weight excluding hydrogens is 219 g/mol. The maximum Gasteiger partial charge on any atom is 0.389 e. The van der Waals surface area contributed by atoms with Crippen LogP contribution in [0.2, 0.25) is 0 Å². The summed E-state index contributed by atoms with van der Waals surface area (Å²) in [6.45, 7) is 1.83. The summed E-state index contributed by atoms with van der Waals surface area (Å²) >= 11 is 0. The number of pyridine rings is 1. The molecule has 0 saturated carbocycles. The van der Waals surface area contributed by atoms with Gasteiger partial charge in [0, 0.05) is 24.4 Å².